The highest BCUT2D eigenvalue weighted by Crippen LogP contribution is 2.43. The van der Waals surface area contributed by atoms with E-state index in [9.17, 15) is 14.7 Å². The number of rotatable bonds is 3. The second-order valence-electron chi connectivity index (χ2n) is 7.15. The van der Waals surface area contributed by atoms with E-state index in [1.165, 1.54) is 6.20 Å². The Morgan fingerprint density at radius 1 is 1.31 bits per heavy atom. The van der Waals surface area contributed by atoms with Crippen molar-refractivity contribution < 1.29 is 24.6 Å². The second-order valence-corrected chi connectivity index (χ2v) is 8.21. The molecule has 4 heterocycles. The lowest BCUT2D eigenvalue weighted by Gasteiger charge is -2.27. The van der Waals surface area contributed by atoms with Gasteiger partial charge in [-0.25, -0.2) is 9.97 Å². The van der Waals surface area contributed by atoms with Crippen LogP contribution in [0.15, 0.2) is 18.7 Å². The van der Waals surface area contributed by atoms with Crippen molar-refractivity contribution in [1.29, 1.82) is 0 Å². The van der Waals surface area contributed by atoms with Gasteiger partial charge in [-0.05, 0) is 0 Å². The number of nitrogens with zero attached hydrogens (tertiary/aromatic N) is 5. The fourth-order valence-electron chi connectivity index (χ4n) is 3.98. The molecular weight excluding hydrogens is 400 g/mol. The third-order valence-corrected chi connectivity index (χ3v) is 6.23. The van der Waals surface area contributed by atoms with Gasteiger partial charge in [-0.3, -0.25) is 14.4 Å². The summed E-state index contributed by atoms with van der Waals surface area (Å²) in [5.74, 6) is -0.176. The van der Waals surface area contributed by atoms with E-state index in [0.29, 0.717) is 41.9 Å². The molecular formula is C17H22N6O5S. The van der Waals surface area contributed by atoms with E-state index in [1.807, 2.05) is 0 Å². The Labute approximate surface area is 170 Å². The molecule has 4 N–H and O–H groups in total. The molecule has 11 nitrogen and oxygen atoms in total. The molecule has 0 spiro atoms. The van der Waals surface area contributed by atoms with Gasteiger partial charge in [0.15, 0.2) is 5.13 Å². The highest BCUT2D eigenvalue weighted by atomic mass is 32.1. The number of nitrogen functional groups attached to an aromatic ring is 1. The van der Waals surface area contributed by atoms with Crippen LogP contribution in [0.2, 0.25) is 0 Å². The second kappa shape index (κ2) is 8.17. The van der Waals surface area contributed by atoms with Gasteiger partial charge < -0.3 is 30.3 Å². The molecule has 2 atom stereocenters. The number of nitrogens with two attached hydrogens (primary N) is 1. The number of amides is 2. The van der Waals surface area contributed by atoms with E-state index < -0.39 is 5.41 Å². The minimum Gasteiger partial charge on any atom is -0.483 e. The molecule has 2 fully saturated rings. The summed E-state index contributed by atoms with van der Waals surface area (Å²) < 4.78 is 1.69. The van der Waals surface area contributed by atoms with Crippen molar-refractivity contribution in [2.24, 2.45) is 18.4 Å². The van der Waals surface area contributed by atoms with E-state index in [4.69, 9.17) is 15.6 Å². The molecule has 29 heavy (non-hydrogen) atoms. The number of thiazole rings is 1. The van der Waals surface area contributed by atoms with Crippen LogP contribution in [0.1, 0.15) is 20.2 Å². The van der Waals surface area contributed by atoms with Crippen molar-refractivity contribution in [1.82, 2.24) is 24.3 Å². The number of aliphatic hydroxyl groups excluding tert-OH is 1. The highest BCUT2D eigenvalue weighted by molar-refractivity contribution is 7.17. The van der Waals surface area contributed by atoms with Crippen LogP contribution in [0.25, 0.3) is 0 Å². The summed E-state index contributed by atoms with van der Waals surface area (Å²) in [4.78, 5) is 45.7. The van der Waals surface area contributed by atoms with Gasteiger partial charge in [-0.1, -0.05) is 11.3 Å². The number of carbonyl (C=O) groups is 3. The number of hydrogen-bond acceptors (Lipinski definition) is 8. The Morgan fingerprint density at radius 2 is 1.93 bits per heavy atom. The van der Waals surface area contributed by atoms with Gasteiger partial charge in [-0.2, -0.15) is 0 Å². The Balaban J connectivity index is 0.000000755. The first-order valence-corrected chi connectivity index (χ1v) is 9.61. The molecule has 0 unspecified atom stereocenters. The summed E-state index contributed by atoms with van der Waals surface area (Å²) in [5, 5.41) is 17.3. The SMILES string of the molecule is Cn1cncc1C(=O)N1C[C@@H]2CN(C(=O)c3cnc(N)s3)C[C@]2(CO)C1.O=CO. The molecule has 12 heteroatoms. The number of aryl methyl sites for hydroxylation is 1. The fourth-order valence-corrected chi connectivity index (χ4v) is 4.63. The Bertz CT molecular complexity index is 914. The van der Waals surface area contributed by atoms with Crippen LogP contribution in [0.3, 0.4) is 0 Å². The molecule has 0 bridgehead atoms. The average molecular weight is 422 g/mol. The number of aliphatic hydroxyl groups is 1. The molecule has 0 radical (unpaired) electrons. The van der Waals surface area contributed by atoms with E-state index in [2.05, 4.69) is 9.97 Å². The number of imidazole rings is 1. The van der Waals surface area contributed by atoms with Crippen molar-refractivity contribution in [2.45, 2.75) is 0 Å². The number of hydrogen-bond donors (Lipinski definition) is 3. The van der Waals surface area contributed by atoms with Crippen LogP contribution in [-0.2, 0) is 11.8 Å². The zero-order chi connectivity index (χ0) is 21.2. The normalized spacial score (nSPS) is 22.8. The molecule has 0 aromatic carbocycles. The van der Waals surface area contributed by atoms with Gasteiger partial charge in [0.1, 0.15) is 10.6 Å². The van der Waals surface area contributed by atoms with Crippen LogP contribution in [0.4, 0.5) is 5.13 Å². The van der Waals surface area contributed by atoms with Gasteiger partial charge in [0.2, 0.25) is 0 Å². The maximum absolute atomic E-state index is 12.7. The van der Waals surface area contributed by atoms with Crippen LogP contribution in [-0.4, -0.2) is 85.6 Å². The van der Waals surface area contributed by atoms with Crippen LogP contribution in [0.5, 0.6) is 0 Å². The first-order valence-electron chi connectivity index (χ1n) is 8.80. The molecule has 156 valence electrons. The van der Waals surface area contributed by atoms with E-state index in [0.717, 1.165) is 11.3 Å². The third kappa shape index (κ3) is 3.80. The Hall–Kier alpha value is -2.99. The van der Waals surface area contributed by atoms with Gasteiger partial charge in [0.05, 0.1) is 25.3 Å². The lowest BCUT2D eigenvalue weighted by molar-refractivity contribution is -0.122. The highest BCUT2D eigenvalue weighted by Gasteiger charge is 2.54. The quantitative estimate of drug-likeness (QED) is 0.552. The number of likely N-dealkylation sites (tertiary alicyclic amines) is 2. The predicted molar refractivity (Wildman–Crippen MR) is 103 cm³/mol. The largest absolute Gasteiger partial charge is 0.483 e. The third-order valence-electron chi connectivity index (χ3n) is 5.42. The van der Waals surface area contributed by atoms with Crippen molar-refractivity contribution >= 4 is 34.8 Å². The first kappa shape index (κ1) is 20.7. The summed E-state index contributed by atoms with van der Waals surface area (Å²) in [6.45, 7) is 1.54. The number of fused-ring (bicyclic) bond motifs is 1. The number of anilines is 1. The average Bonchev–Trinajstić information content (AvgIpc) is 3.44. The topological polar surface area (TPSA) is 155 Å². The van der Waals surface area contributed by atoms with Crippen LogP contribution >= 0.6 is 11.3 Å². The van der Waals surface area contributed by atoms with Crippen LogP contribution in [0, 0.1) is 11.3 Å². The maximum Gasteiger partial charge on any atom is 0.290 e. The summed E-state index contributed by atoms with van der Waals surface area (Å²) >= 11 is 1.16. The molecule has 2 aromatic rings. The molecule has 0 saturated carbocycles. The first-order chi connectivity index (χ1) is 13.8. The predicted octanol–water partition coefficient (Wildman–Crippen LogP) is -0.634. The Morgan fingerprint density at radius 3 is 2.38 bits per heavy atom. The summed E-state index contributed by atoms with van der Waals surface area (Å²) in [5.41, 5.74) is 5.65. The number of aromatic nitrogens is 3. The zero-order valence-electron chi connectivity index (χ0n) is 15.8. The van der Waals surface area contributed by atoms with Gasteiger partial charge >= 0.3 is 0 Å². The molecule has 4 rings (SSSR count). The summed E-state index contributed by atoms with van der Waals surface area (Å²) in [6, 6.07) is 0. The molecule has 2 saturated heterocycles. The van der Waals surface area contributed by atoms with Crippen molar-refractivity contribution in [3.63, 3.8) is 0 Å². The van der Waals surface area contributed by atoms with E-state index >= 15 is 0 Å². The van der Waals surface area contributed by atoms with Gasteiger partial charge in [0, 0.05) is 44.6 Å². The minimum atomic E-state index is -0.486. The van der Waals surface area contributed by atoms with Crippen molar-refractivity contribution in [3.05, 3.63) is 29.3 Å². The molecule has 2 aliphatic rings. The smallest absolute Gasteiger partial charge is 0.290 e. The standard InChI is InChI=1S/C16H20N6O3S.CH2O2/c1-20-9-18-2-11(20)13(24)21-4-10-5-22(7-16(10,6-21)8-23)14(25)12-3-19-15(17)26-12;2-1-3/h2-3,9-10,23H,4-8H2,1H3,(H2,17,19);1H,(H,2,3)/t10-,16+;/m1./s1. The molecule has 2 aliphatic heterocycles. The lowest BCUT2D eigenvalue weighted by Crippen LogP contribution is -2.40. The van der Waals surface area contributed by atoms with E-state index in [-0.39, 0.29) is 30.8 Å². The van der Waals surface area contributed by atoms with E-state index in [1.54, 1.807) is 33.9 Å². The molecule has 2 aromatic heterocycles. The monoisotopic (exact) mass is 422 g/mol. The van der Waals surface area contributed by atoms with Crippen molar-refractivity contribution in [2.75, 3.05) is 38.5 Å². The number of carboxylic acid groups (broad SMARTS) is 1. The molecule has 0 aliphatic carbocycles. The fraction of sp³-hybridized carbons (Fsp3) is 0.471. The zero-order valence-corrected chi connectivity index (χ0v) is 16.6. The van der Waals surface area contributed by atoms with Gasteiger partial charge in [-0.15, -0.1) is 0 Å². The number of carbonyl (C=O) groups excluding carboxylic acids is 2. The van der Waals surface area contributed by atoms with Crippen molar-refractivity contribution in [3.8, 4) is 0 Å². The maximum atomic E-state index is 12.7. The minimum absolute atomic E-state index is 0.0406. The summed E-state index contributed by atoms with van der Waals surface area (Å²) in [7, 11) is 1.78. The Kier molecular flexibility index (Phi) is 5.84. The van der Waals surface area contributed by atoms with Gasteiger partial charge in [0.25, 0.3) is 18.3 Å². The summed E-state index contributed by atoms with van der Waals surface area (Å²) in [6.07, 6.45) is 4.62. The molecule has 2 amide bonds. The van der Waals surface area contributed by atoms with Crippen LogP contribution < -0.4 is 5.73 Å². The lowest BCUT2D eigenvalue weighted by atomic mass is 9.82.